The minimum Gasteiger partial charge on any atom is -0.369 e. The monoisotopic (exact) mass is 191 g/mol. The predicted molar refractivity (Wildman–Crippen MR) is 61.0 cm³/mol. The van der Waals surface area contributed by atoms with Crippen LogP contribution in [0.3, 0.4) is 0 Å². The topological polar surface area (TPSA) is 15.3 Å². The summed E-state index contributed by atoms with van der Waals surface area (Å²) in [6.45, 7) is 7.94. The van der Waals surface area contributed by atoms with E-state index in [1.165, 1.54) is 16.8 Å². The van der Waals surface area contributed by atoms with Crippen molar-refractivity contribution in [1.82, 2.24) is 5.31 Å². The molecule has 0 unspecified atom stereocenters. The Morgan fingerprint density at radius 2 is 2.00 bits per heavy atom. The lowest BCUT2D eigenvalue weighted by Gasteiger charge is -2.31. The number of hydrogen-bond acceptors (Lipinski definition) is 2. The van der Waals surface area contributed by atoms with Crippen molar-refractivity contribution in [2.75, 3.05) is 31.1 Å². The molecule has 2 heteroatoms. The molecule has 1 aromatic carbocycles. The number of rotatable bonds is 1. The molecule has 1 aliphatic heterocycles. The second kappa shape index (κ2) is 4.01. The lowest BCUT2D eigenvalue weighted by atomic mass is 10.1. The van der Waals surface area contributed by atoms with E-state index in [2.05, 4.69) is 36.9 Å². The van der Waals surface area contributed by atoms with Crippen LogP contribution in [-0.4, -0.2) is 26.2 Å². The zero-order valence-electron chi connectivity index (χ0n) is 9.95. The van der Waals surface area contributed by atoms with E-state index in [0.717, 1.165) is 26.2 Å². The van der Waals surface area contributed by atoms with Crippen LogP contribution in [0.2, 0.25) is 1.41 Å². The summed E-state index contributed by atoms with van der Waals surface area (Å²) in [5.74, 6) is 0. The number of hydrogen-bond donors (Lipinski definition) is 1. The molecule has 1 aliphatic rings. The van der Waals surface area contributed by atoms with Crippen molar-refractivity contribution in [3.63, 3.8) is 0 Å². The maximum Gasteiger partial charge on any atom is 0.122 e. The van der Waals surface area contributed by atoms with Gasteiger partial charge < -0.3 is 10.2 Å². The van der Waals surface area contributed by atoms with Crippen LogP contribution >= 0.6 is 0 Å². The van der Waals surface area contributed by atoms with Crippen molar-refractivity contribution in [1.29, 1.82) is 0 Å². The van der Waals surface area contributed by atoms with Crippen LogP contribution in [0.25, 0.3) is 0 Å². The third-order valence-corrected chi connectivity index (χ3v) is 2.97. The molecule has 0 amide bonds. The van der Waals surface area contributed by atoms with Gasteiger partial charge in [0, 0.05) is 31.9 Å². The highest BCUT2D eigenvalue weighted by Crippen LogP contribution is 2.22. The van der Waals surface area contributed by atoms with E-state index in [4.69, 9.17) is 1.41 Å². The Morgan fingerprint density at radius 1 is 1.29 bits per heavy atom. The number of piperazine rings is 1. The molecule has 2 nitrogen and oxygen atoms in total. The predicted octanol–water partition coefficient (Wildman–Crippen LogP) is 1.71. The number of benzene rings is 1. The summed E-state index contributed by atoms with van der Waals surface area (Å²) >= 11 is 0. The van der Waals surface area contributed by atoms with Crippen molar-refractivity contribution < 1.29 is 1.41 Å². The van der Waals surface area contributed by atoms with Crippen LogP contribution in [-0.2, 0) is 0 Å². The van der Waals surface area contributed by atoms with Crippen LogP contribution in [0.15, 0.2) is 18.2 Å². The molecule has 1 aromatic rings. The molecule has 14 heavy (non-hydrogen) atoms. The van der Waals surface area contributed by atoms with Gasteiger partial charge in [-0.1, -0.05) is 12.1 Å². The van der Waals surface area contributed by atoms with Gasteiger partial charge in [-0.3, -0.25) is 0 Å². The van der Waals surface area contributed by atoms with Crippen LogP contribution < -0.4 is 10.2 Å². The summed E-state index contributed by atoms with van der Waals surface area (Å²) in [7, 11) is 0. The second-order valence-corrected chi connectivity index (χ2v) is 3.88. The molecule has 0 aromatic heterocycles. The van der Waals surface area contributed by atoms with Gasteiger partial charge in [-0.15, -0.1) is 0 Å². The van der Waals surface area contributed by atoms with Gasteiger partial charge >= 0.3 is 0 Å². The number of anilines is 1. The maximum atomic E-state index is 7.53. The molecule has 0 spiro atoms. The second-order valence-electron chi connectivity index (χ2n) is 3.88. The van der Waals surface area contributed by atoms with Crippen molar-refractivity contribution >= 4 is 5.69 Å². The Balaban J connectivity index is 2.19. The molecule has 1 saturated heterocycles. The lowest BCUT2D eigenvalue weighted by Crippen LogP contribution is -2.43. The molecule has 0 aliphatic carbocycles. The fraction of sp³-hybridized carbons (Fsp3) is 0.500. The first-order valence-electron chi connectivity index (χ1n) is 5.68. The Kier molecular flexibility index (Phi) is 2.38. The summed E-state index contributed by atoms with van der Waals surface area (Å²) in [4.78, 5) is 2.38. The normalized spacial score (nSPS) is 19.6. The summed E-state index contributed by atoms with van der Waals surface area (Å²) in [5, 5.41) is 1.64. The molecule has 1 heterocycles. The Labute approximate surface area is 87.4 Å². The zero-order valence-corrected chi connectivity index (χ0v) is 8.95. The molecular formula is C12H18N2. The Hall–Kier alpha value is -1.02. The molecule has 0 bridgehead atoms. The summed E-state index contributed by atoms with van der Waals surface area (Å²) < 4.78 is 7.53. The largest absolute Gasteiger partial charge is 0.369 e. The van der Waals surface area contributed by atoms with Crippen molar-refractivity contribution in [2.24, 2.45) is 0 Å². The van der Waals surface area contributed by atoms with Crippen molar-refractivity contribution in [2.45, 2.75) is 13.8 Å². The molecule has 0 saturated carbocycles. The van der Waals surface area contributed by atoms with Crippen molar-refractivity contribution in [3.05, 3.63) is 29.3 Å². The fourth-order valence-electron chi connectivity index (χ4n) is 1.93. The molecule has 76 valence electrons. The third-order valence-electron chi connectivity index (χ3n) is 2.97. The lowest BCUT2D eigenvalue weighted by molar-refractivity contribution is 0.588. The van der Waals surface area contributed by atoms with Gasteiger partial charge in [0.1, 0.15) is 1.41 Å². The van der Waals surface area contributed by atoms with Crippen LogP contribution in [0.1, 0.15) is 11.1 Å². The molecule has 1 fully saturated rings. The van der Waals surface area contributed by atoms with Gasteiger partial charge in [-0.25, -0.2) is 0 Å². The van der Waals surface area contributed by atoms with E-state index < -0.39 is 0 Å². The maximum absolute atomic E-state index is 7.53. The standard InChI is InChI=1S/C12H18N2/c1-10-4-3-5-12(11(10)2)14-8-6-13-7-9-14/h3-5,13H,6-9H2,1-2H3/i/hD. The third kappa shape index (κ3) is 1.75. The number of nitrogens with one attached hydrogen (secondary N) is 1. The van der Waals surface area contributed by atoms with E-state index in [0.29, 0.717) is 0 Å². The summed E-state index contributed by atoms with van der Waals surface area (Å²) in [6.07, 6.45) is 0. The average Bonchev–Trinajstić information content (AvgIpc) is 2.24. The van der Waals surface area contributed by atoms with E-state index in [-0.39, 0.29) is 0 Å². The molecule has 0 radical (unpaired) electrons. The van der Waals surface area contributed by atoms with Crippen molar-refractivity contribution in [3.8, 4) is 0 Å². The Bertz CT molecular complexity index is 343. The van der Waals surface area contributed by atoms with Gasteiger partial charge in [-0.05, 0) is 31.0 Å². The quantitative estimate of drug-likeness (QED) is 0.727. The van der Waals surface area contributed by atoms with E-state index in [1.807, 2.05) is 0 Å². The van der Waals surface area contributed by atoms with Gasteiger partial charge in [0.05, 0.1) is 0 Å². The smallest absolute Gasteiger partial charge is 0.122 e. The first kappa shape index (κ1) is 8.30. The van der Waals surface area contributed by atoms with E-state index in [1.54, 1.807) is 5.31 Å². The van der Waals surface area contributed by atoms with E-state index >= 15 is 0 Å². The van der Waals surface area contributed by atoms with E-state index in [9.17, 15) is 0 Å². The molecule has 0 atom stereocenters. The van der Waals surface area contributed by atoms with Gasteiger partial charge in [0.15, 0.2) is 0 Å². The number of aryl methyl sites for hydroxylation is 1. The molecule has 1 N–H and O–H groups in total. The van der Waals surface area contributed by atoms with Gasteiger partial charge in [-0.2, -0.15) is 0 Å². The Morgan fingerprint density at radius 3 is 2.71 bits per heavy atom. The minimum absolute atomic E-state index is 0.841. The summed E-state index contributed by atoms with van der Waals surface area (Å²) in [5.41, 5.74) is 4.06. The van der Waals surface area contributed by atoms with Crippen LogP contribution in [0.4, 0.5) is 5.69 Å². The van der Waals surface area contributed by atoms with Crippen LogP contribution in [0, 0.1) is 13.8 Å². The first-order valence-corrected chi connectivity index (χ1v) is 5.23. The highest BCUT2D eigenvalue weighted by molar-refractivity contribution is 5.56. The SMILES string of the molecule is [2H]N1CCN(c2cccc(C)c2C)CC1. The highest BCUT2D eigenvalue weighted by atomic mass is 15.2. The first-order chi connectivity index (χ1) is 7.18. The minimum atomic E-state index is 0.841. The fourth-order valence-corrected chi connectivity index (χ4v) is 1.93. The average molecular weight is 191 g/mol. The zero-order chi connectivity index (χ0) is 10.8. The highest BCUT2D eigenvalue weighted by Gasteiger charge is 2.12. The van der Waals surface area contributed by atoms with Crippen LogP contribution in [0.5, 0.6) is 0 Å². The van der Waals surface area contributed by atoms with Gasteiger partial charge in [0.2, 0.25) is 0 Å². The molecule has 2 rings (SSSR count). The number of nitrogens with zero attached hydrogens (tertiary/aromatic N) is 1. The molecular weight excluding hydrogens is 172 g/mol. The van der Waals surface area contributed by atoms with Gasteiger partial charge in [0.25, 0.3) is 0 Å². The summed E-state index contributed by atoms with van der Waals surface area (Å²) in [6, 6.07) is 6.45.